The summed E-state index contributed by atoms with van der Waals surface area (Å²) in [5, 5.41) is 0. The zero-order valence-electron chi connectivity index (χ0n) is 17.5. The van der Waals surface area contributed by atoms with E-state index in [1.54, 1.807) is 0 Å². The Morgan fingerprint density at radius 3 is 1.61 bits per heavy atom. The van der Waals surface area contributed by atoms with Crippen molar-refractivity contribution in [1.29, 1.82) is 0 Å². The van der Waals surface area contributed by atoms with Crippen LogP contribution in [0.15, 0.2) is 48.5 Å². The van der Waals surface area contributed by atoms with E-state index < -0.39 is 0 Å². The summed E-state index contributed by atoms with van der Waals surface area (Å²) in [7, 11) is 3.82. The molecule has 0 saturated carbocycles. The number of rotatable bonds is 12. The fraction of sp³-hybridized carbons (Fsp3) is 0.440. The molecule has 0 atom stereocenters. The van der Waals surface area contributed by atoms with Crippen molar-refractivity contribution >= 4 is 11.6 Å². The number of hydrogen-bond donors (Lipinski definition) is 0. The van der Waals surface area contributed by atoms with Gasteiger partial charge in [-0.15, -0.1) is 0 Å². The van der Waals surface area contributed by atoms with Crippen molar-refractivity contribution in [3.63, 3.8) is 0 Å². The Balaban J connectivity index is 1.69. The average Bonchev–Trinajstić information content (AvgIpc) is 2.68. The van der Waals surface area contributed by atoms with E-state index in [0.717, 1.165) is 43.2 Å². The predicted molar refractivity (Wildman–Crippen MR) is 116 cm³/mol. The lowest BCUT2D eigenvalue weighted by molar-refractivity contribution is 0.0955. The third-order valence-corrected chi connectivity index (χ3v) is 4.92. The Morgan fingerprint density at radius 2 is 1.18 bits per heavy atom. The number of benzene rings is 2. The van der Waals surface area contributed by atoms with E-state index in [4.69, 9.17) is 0 Å². The minimum atomic E-state index is 0.166. The molecule has 3 heteroatoms. The second-order valence-electron chi connectivity index (χ2n) is 7.79. The van der Waals surface area contributed by atoms with Gasteiger partial charge < -0.3 is 4.90 Å². The van der Waals surface area contributed by atoms with Gasteiger partial charge in [0, 0.05) is 17.5 Å². The van der Waals surface area contributed by atoms with Gasteiger partial charge in [0.15, 0.2) is 11.6 Å². The van der Waals surface area contributed by atoms with Gasteiger partial charge in [0.1, 0.15) is 0 Å². The van der Waals surface area contributed by atoms with Crippen molar-refractivity contribution in [2.75, 3.05) is 20.6 Å². The first-order valence-corrected chi connectivity index (χ1v) is 10.4. The third-order valence-electron chi connectivity index (χ3n) is 4.92. The summed E-state index contributed by atoms with van der Waals surface area (Å²) < 4.78 is 0. The number of hydrogen-bond acceptors (Lipinski definition) is 3. The van der Waals surface area contributed by atoms with Crippen molar-refractivity contribution in [2.45, 2.75) is 51.9 Å². The molecule has 0 aliphatic carbocycles. The molecule has 0 heterocycles. The molecule has 0 radical (unpaired) electrons. The summed E-state index contributed by atoms with van der Waals surface area (Å²) in [5.74, 6) is 0.405. The summed E-state index contributed by atoms with van der Waals surface area (Å²) in [6.45, 7) is 2.48. The van der Waals surface area contributed by atoms with Crippen LogP contribution in [0.1, 0.15) is 70.9 Å². The molecule has 0 N–H and O–H groups in total. The molecule has 0 bridgehead atoms. The summed E-state index contributed by atoms with van der Waals surface area (Å²) in [6.07, 6.45) is 7.12. The number of ketones is 2. The lowest BCUT2D eigenvalue weighted by atomic mass is 10.00. The van der Waals surface area contributed by atoms with E-state index in [9.17, 15) is 9.59 Å². The van der Waals surface area contributed by atoms with Crippen LogP contribution in [-0.2, 0) is 12.8 Å². The highest BCUT2D eigenvalue weighted by Gasteiger charge is 2.07. The van der Waals surface area contributed by atoms with Crippen molar-refractivity contribution in [2.24, 2.45) is 0 Å². The number of likely N-dealkylation sites (N-methyl/N-ethyl adjacent to an activating group) is 1. The number of aryl methyl sites for hydroxylation is 2. The fourth-order valence-electron chi connectivity index (χ4n) is 3.30. The largest absolute Gasteiger partial charge is 0.302 e. The van der Waals surface area contributed by atoms with Crippen LogP contribution in [0.3, 0.4) is 0 Å². The summed E-state index contributed by atoms with van der Waals surface area (Å²) in [5.41, 5.74) is 4.22. The van der Waals surface area contributed by atoms with Gasteiger partial charge in [0.2, 0.25) is 0 Å². The van der Waals surface area contributed by atoms with Crippen molar-refractivity contribution < 1.29 is 9.59 Å². The minimum absolute atomic E-state index is 0.166. The van der Waals surface area contributed by atoms with Gasteiger partial charge in [-0.1, -0.05) is 61.9 Å². The molecule has 2 aromatic rings. The van der Waals surface area contributed by atoms with Gasteiger partial charge in [-0.2, -0.15) is 0 Å². The zero-order valence-corrected chi connectivity index (χ0v) is 17.5. The molecule has 0 saturated heterocycles. The molecule has 0 aromatic heterocycles. The first-order valence-electron chi connectivity index (χ1n) is 10.4. The zero-order chi connectivity index (χ0) is 20.4. The standard InChI is InChI=1S/C25H33NO2/c1-4-8-24(27)22-15-11-20(12-16-22)9-6-5-7-10-21-13-17-23(18-14-21)25(28)19-26(2)3/h11-18H,4-10,19H2,1-3H3. The maximum Gasteiger partial charge on any atom is 0.176 e. The smallest absolute Gasteiger partial charge is 0.176 e. The van der Waals surface area contributed by atoms with E-state index >= 15 is 0 Å². The van der Waals surface area contributed by atoms with E-state index in [2.05, 4.69) is 24.3 Å². The van der Waals surface area contributed by atoms with E-state index in [0.29, 0.717) is 13.0 Å². The van der Waals surface area contributed by atoms with Gasteiger partial charge in [-0.05, 0) is 57.3 Å². The second kappa shape index (κ2) is 11.6. The normalized spacial score (nSPS) is 11.0. The Bertz CT molecular complexity index is 745. The highest BCUT2D eigenvalue weighted by atomic mass is 16.1. The highest BCUT2D eigenvalue weighted by molar-refractivity contribution is 5.97. The van der Waals surface area contributed by atoms with E-state index in [1.807, 2.05) is 50.2 Å². The van der Waals surface area contributed by atoms with Crippen LogP contribution in [0.5, 0.6) is 0 Å². The molecule has 2 aromatic carbocycles. The van der Waals surface area contributed by atoms with Crippen LogP contribution in [0.25, 0.3) is 0 Å². The molecular weight excluding hydrogens is 346 g/mol. The first-order chi connectivity index (χ1) is 13.5. The molecule has 0 fully saturated rings. The van der Waals surface area contributed by atoms with Crippen molar-refractivity contribution in [1.82, 2.24) is 4.90 Å². The number of Topliss-reactive ketones (excluding diaryl/α,β-unsaturated/α-hetero) is 2. The Kier molecular flexibility index (Phi) is 9.09. The minimum Gasteiger partial charge on any atom is -0.302 e. The summed E-state index contributed by atoms with van der Waals surface area (Å²) >= 11 is 0. The molecule has 2 rings (SSSR count). The molecule has 28 heavy (non-hydrogen) atoms. The van der Waals surface area contributed by atoms with Crippen LogP contribution in [0, 0.1) is 0 Å². The van der Waals surface area contributed by atoms with Gasteiger partial charge in [-0.3, -0.25) is 9.59 Å². The second-order valence-corrected chi connectivity index (χ2v) is 7.79. The molecule has 0 spiro atoms. The Morgan fingerprint density at radius 1 is 0.714 bits per heavy atom. The van der Waals surface area contributed by atoms with Crippen LogP contribution in [0.4, 0.5) is 0 Å². The molecule has 0 amide bonds. The van der Waals surface area contributed by atoms with Crippen molar-refractivity contribution in [3.05, 3.63) is 70.8 Å². The first kappa shape index (κ1) is 22.0. The third kappa shape index (κ3) is 7.40. The Hall–Kier alpha value is -2.26. The highest BCUT2D eigenvalue weighted by Crippen LogP contribution is 2.13. The summed E-state index contributed by atoms with van der Waals surface area (Å²) in [4.78, 5) is 25.8. The lowest BCUT2D eigenvalue weighted by Gasteiger charge is -2.09. The topological polar surface area (TPSA) is 37.4 Å². The maximum atomic E-state index is 12.0. The number of carbonyl (C=O) groups is 2. The van der Waals surface area contributed by atoms with Crippen LogP contribution >= 0.6 is 0 Å². The molecule has 0 aliphatic heterocycles. The summed E-state index contributed by atoms with van der Waals surface area (Å²) in [6, 6.07) is 16.2. The SMILES string of the molecule is CCCC(=O)c1ccc(CCCCCc2ccc(C(=O)CN(C)C)cc2)cc1. The van der Waals surface area contributed by atoms with Crippen LogP contribution < -0.4 is 0 Å². The van der Waals surface area contributed by atoms with Crippen LogP contribution in [-0.4, -0.2) is 37.1 Å². The molecule has 3 nitrogen and oxygen atoms in total. The van der Waals surface area contributed by atoms with Crippen LogP contribution in [0.2, 0.25) is 0 Å². The number of nitrogens with zero attached hydrogens (tertiary/aromatic N) is 1. The van der Waals surface area contributed by atoms with E-state index in [-0.39, 0.29) is 11.6 Å². The molecular formula is C25H33NO2. The van der Waals surface area contributed by atoms with E-state index in [1.165, 1.54) is 17.5 Å². The van der Waals surface area contributed by atoms with Gasteiger partial charge >= 0.3 is 0 Å². The van der Waals surface area contributed by atoms with Gasteiger partial charge in [0.25, 0.3) is 0 Å². The number of unbranched alkanes of at least 4 members (excludes halogenated alkanes) is 2. The molecule has 0 aliphatic rings. The predicted octanol–water partition coefficient (Wildman–Crippen LogP) is 5.37. The molecule has 0 unspecified atom stereocenters. The molecule has 150 valence electrons. The monoisotopic (exact) mass is 379 g/mol. The maximum absolute atomic E-state index is 12.0. The average molecular weight is 380 g/mol. The quantitative estimate of drug-likeness (QED) is 0.367. The van der Waals surface area contributed by atoms with Crippen molar-refractivity contribution in [3.8, 4) is 0 Å². The van der Waals surface area contributed by atoms with Gasteiger partial charge in [-0.25, -0.2) is 0 Å². The number of carbonyl (C=O) groups excluding carboxylic acids is 2. The fourth-order valence-corrected chi connectivity index (χ4v) is 3.30. The van der Waals surface area contributed by atoms with Gasteiger partial charge in [0.05, 0.1) is 6.54 Å². The lowest BCUT2D eigenvalue weighted by Crippen LogP contribution is -2.21. The Labute approximate surface area is 169 Å².